The molecule has 5 rings (SSSR count). The van der Waals surface area contributed by atoms with Crippen LogP contribution < -0.4 is 10.4 Å². The van der Waals surface area contributed by atoms with Crippen LogP contribution in [0.15, 0.2) is 95.5 Å². The molecule has 0 saturated heterocycles. The molecule has 0 saturated carbocycles. The molecule has 1 aromatic heterocycles. The molecular weight excluding hydrogens is 688 g/mol. The second-order valence-electron chi connectivity index (χ2n) is 13.9. The van der Waals surface area contributed by atoms with Gasteiger partial charge >= 0.3 is 5.97 Å². The average Bonchev–Trinajstić information content (AvgIpc) is 3.40. The molecule has 0 radical (unpaired) electrons. The number of fused-ring (bicyclic) bond motifs is 1. The number of pyridine rings is 1. The molecule has 0 fully saturated rings. The Bertz CT molecular complexity index is 1650. The van der Waals surface area contributed by atoms with Crippen molar-refractivity contribution in [3.05, 3.63) is 112 Å². The van der Waals surface area contributed by atoms with Gasteiger partial charge in [-0.3, -0.25) is 0 Å². The van der Waals surface area contributed by atoms with Gasteiger partial charge in [0.05, 0.1) is 24.9 Å². The molecule has 1 aliphatic rings. The fourth-order valence-electron chi connectivity index (χ4n) is 6.60. The molecule has 0 N–H and O–H groups in total. The van der Waals surface area contributed by atoms with Crippen LogP contribution in [0.5, 0.6) is 0 Å². The van der Waals surface area contributed by atoms with Crippen LogP contribution in [0.1, 0.15) is 82.5 Å². The van der Waals surface area contributed by atoms with E-state index in [9.17, 15) is 9.35 Å². The van der Waals surface area contributed by atoms with Gasteiger partial charge in [-0.1, -0.05) is 109 Å². The Hall–Kier alpha value is -2.79. The van der Waals surface area contributed by atoms with E-state index in [1.165, 1.54) is 10.4 Å². The molecule has 1 aliphatic heterocycles. The van der Waals surface area contributed by atoms with Gasteiger partial charge < -0.3 is 13.7 Å². The topological polar surface area (TPSA) is 74.7 Å². The number of rotatable bonds is 10. The number of hydrogen-bond donors (Lipinski definition) is 0. The fourth-order valence-corrected chi connectivity index (χ4v) is 13.0. The molecule has 0 bridgehead atoms. The van der Waals surface area contributed by atoms with Crippen LogP contribution >= 0.6 is 15.9 Å². The Morgan fingerprint density at radius 1 is 0.957 bits per heavy atom. The quantitative estimate of drug-likeness (QED) is 0.0936. The van der Waals surface area contributed by atoms with Crippen molar-refractivity contribution in [2.24, 2.45) is 0 Å². The molecule has 6 nitrogen and oxygen atoms in total. The van der Waals surface area contributed by atoms with Crippen LogP contribution in [0.2, 0.25) is 5.04 Å². The lowest BCUT2D eigenvalue weighted by atomic mass is 9.96. The highest BCUT2D eigenvalue weighted by Crippen LogP contribution is 2.46. The summed E-state index contributed by atoms with van der Waals surface area (Å²) in [6.07, 6.45) is 0.598. The number of nitrogens with zero attached hydrogens (tertiary/aromatic N) is 2. The predicted octanol–water partition coefficient (Wildman–Crippen LogP) is 7.97. The second kappa shape index (κ2) is 14.4. The number of ether oxygens (including phenoxy) is 1. The van der Waals surface area contributed by atoms with Gasteiger partial charge in [-0.2, -0.15) is 0 Å². The molecular formula is C38H45BrN2O4SSi. The molecule has 0 amide bonds. The Kier molecular flexibility index (Phi) is 10.9. The van der Waals surface area contributed by atoms with Crippen LogP contribution in [-0.4, -0.2) is 46.1 Å². The summed E-state index contributed by atoms with van der Waals surface area (Å²) in [5, 5.41) is 2.27. The molecule has 3 aromatic carbocycles. The monoisotopic (exact) mass is 732 g/mol. The standard InChI is InChI=1S/C38H45BrN2O4SSi/c1-8-44-36(42)32-25-28-26-41(46(43)37(2,3)4)33(34(28)35(40-32)27-16-15-17-29(39)24-27)22-23-45-47(38(5,6)7,30-18-11-9-12-19-30)31-20-13-10-14-21-31/h9-21,24-25,33H,8,22-23,26H2,1-7H3/t33-,46?/m1/s1. The van der Waals surface area contributed by atoms with E-state index in [0.717, 1.165) is 21.2 Å². The van der Waals surface area contributed by atoms with Crippen molar-refractivity contribution < 1.29 is 18.5 Å². The maximum Gasteiger partial charge on any atom is 0.356 e. The van der Waals surface area contributed by atoms with Crippen molar-refractivity contribution in [3.8, 4) is 11.3 Å². The highest BCUT2D eigenvalue weighted by molar-refractivity contribution is 9.10. The van der Waals surface area contributed by atoms with E-state index in [0.29, 0.717) is 25.3 Å². The fraction of sp³-hybridized carbons (Fsp3) is 0.368. The summed E-state index contributed by atoms with van der Waals surface area (Å²) in [5.74, 6) is -0.464. The predicted molar refractivity (Wildman–Crippen MR) is 198 cm³/mol. The summed E-state index contributed by atoms with van der Waals surface area (Å²) in [5.41, 5.74) is 3.76. The van der Waals surface area contributed by atoms with Crippen molar-refractivity contribution in [2.45, 2.75) is 77.3 Å². The molecule has 248 valence electrons. The molecule has 4 aromatic rings. The van der Waals surface area contributed by atoms with Crippen LogP contribution in [0.4, 0.5) is 0 Å². The lowest BCUT2D eigenvalue weighted by molar-refractivity contribution is 0.0519. The number of esters is 1. The number of halogens is 1. The molecule has 47 heavy (non-hydrogen) atoms. The first-order valence-corrected chi connectivity index (χ1v) is 20.0. The highest BCUT2D eigenvalue weighted by atomic mass is 79.9. The number of hydrogen-bond acceptors (Lipinski definition) is 6. The van der Waals surface area contributed by atoms with Crippen LogP contribution in [-0.2, 0) is 27.1 Å². The van der Waals surface area contributed by atoms with Gasteiger partial charge in [0.25, 0.3) is 8.32 Å². The van der Waals surface area contributed by atoms with Gasteiger partial charge in [0.2, 0.25) is 0 Å². The van der Waals surface area contributed by atoms with E-state index < -0.39 is 30.4 Å². The lowest BCUT2D eigenvalue weighted by Gasteiger charge is -2.43. The maximum absolute atomic E-state index is 14.2. The summed E-state index contributed by atoms with van der Waals surface area (Å²) >= 11 is 2.28. The maximum atomic E-state index is 14.2. The minimum atomic E-state index is -2.79. The third-order valence-electron chi connectivity index (χ3n) is 8.60. The lowest BCUT2D eigenvalue weighted by Crippen LogP contribution is -2.66. The molecule has 2 atom stereocenters. The van der Waals surface area contributed by atoms with Crippen molar-refractivity contribution in [2.75, 3.05) is 13.2 Å². The zero-order valence-corrected chi connectivity index (χ0v) is 31.8. The zero-order chi connectivity index (χ0) is 34.0. The smallest absolute Gasteiger partial charge is 0.356 e. The summed E-state index contributed by atoms with van der Waals surface area (Å²) in [7, 11) is -2.79. The minimum Gasteiger partial charge on any atom is -0.597 e. The van der Waals surface area contributed by atoms with E-state index in [1.54, 1.807) is 6.92 Å². The first-order chi connectivity index (χ1) is 22.3. The Morgan fingerprint density at radius 2 is 1.57 bits per heavy atom. The summed E-state index contributed by atoms with van der Waals surface area (Å²) in [4.78, 5) is 17.9. The van der Waals surface area contributed by atoms with E-state index >= 15 is 0 Å². The normalized spacial score (nSPS) is 16.1. The third-order valence-corrected chi connectivity index (χ3v) is 16.0. The summed E-state index contributed by atoms with van der Waals surface area (Å²) in [6.45, 7) is 15.7. The van der Waals surface area contributed by atoms with Crippen LogP contribution in [0.3, 0.4) is 0 Å². The van der Waals surface area contributed by atoms with Gasteiger partial charge in [0.1, 0.15) is 10.4 Å². The first kappa shape index (κ1) is 35.5. The number of carbonyl (C=O) groups excluding carboxylic acids is 1. The van der Waals surface area contributed by atoms with Gasteiger partial charge in [0, 0.05) is 33.6 Å². The van der Waals surface area contributed by atoms with E-state index in [2.05, 4.69) is 89.5 Å². The van der Waals surface area contributed by atoms with Gasteiger partial charge in [0.15, 0.2) is 0 Å². The van der Waals surface area contributed by atoms with E-state index in [-0.39, 0.29) is 23.4 Å². The van der Waals surface area contributed by atoms with Gasteiger partial charge in [-0.25, -0.2) is 9.78 Å². The zero-order valence-electron chi connectivity index (χ0n) is 28.4. The second-order valence-corrected chi connectivity index (χ2v) is 21.3. The van der Waals surface area contributed by atoms with Crippen molar-refractivity contribution >= 4 is 52.0 Å². The van der Waals surface area contributed by atoms with Crippen LogP contribution in [0, 0.1) is 0 Å². The first-order valence-electron chi connectivity index (χ1n) is 16.2. The number of benzene rings is 3. The largest absolute Gasteiger partial charge is 0.597 e. The molecule has 1 unspecified atom stereocenters. The molecule has 9 heteroatoms. The summed E-state index contributed by atoms with van der Waals surface area (Å²) in [6, 6.07) is 30.8. The van der Waals surface area contributed by atoms with E-state index in [4.69, 9.17) is 14.1 Å². The third kappa shape index (κ3) is 7.31. The minimum absolute atomic E-state index is 0.172. The van der Waals surface area contributed by atoms with Crippen molar-refractivity contribution in [1.29, 1.82) is 0 Å². The Labute approximate surface area is 292 Å². The number of aromatic nitrogens is 1. The van der Waals surface area contributed by atoms with E-state index in [1.807, 2.05) is 63.2 Å². The highest BCUT2D eigenvalue weighted by Gasteiger charge is 2.51. The Balaban J connectivity index is 1.62. The van der Waals surface area contributed by atoms with Crippen molar-refractivity contribution in [3.63, 3.8) is 0 Å². The van der Waals surface area contributed by atoms with Crippen LogP contribution in [0.25, 0.3) is 11.3 Å². The number of carbonyl (C=O) groups is 1. The molecule has 2 heterocycles. The average molecular weight is 734 g/mol. The SMILES string of the molecule is CCOC(=O)c1cc2c(c(-c3cccc(Br)c3)n1)[C@@H](CCO[Si](c1ccccc1)(c1ccccc1)C(C)(C)C)N([S+]([O-])C(C)(C)C)C2. The molecule has 0 spiro atoms. The molecule has 0 aliphatic carbocycles. The van der Waals surface area contributed by atoms with Gasteiger partial charge in [-0.15, -0.1) is 4.31 Å². The van der Waals surface area contributed by atoms with Crippen molar-refractivity contribution in [1.82, 2.24) is 9.29 Å². The summed E-state index contributed by atoms with van der Waals surface area (Å²) < 4.78 is 29.4. The van der Waals surface area contributed by atoms with Gasteiger partial charge in [-0.05, 0) is 73.3 Å². The Morgan fingerprint density at radius 3 is 2.11 bits per heavy atom.